The Bertz CT molecular complexity index is 492. The molecule has 104 valence electrons. The monoisotopic (exact) mass is 282 g/mol. The molecule has 1 atom stereocenters. The third kappa shape index (κ3) is 2.46. The molecule has 0 N–H and O–H groups in total. The molecule has 0 aromatic heterocycles. The molecule has 0 spiro atoms. The summed E-state index contributed by atoms with van der Waals surface area (Å²) in [6, 6.07) is 22.0. The van der Waals surface area contributed by atoms with E-state index in [2.05, 4.69) is 67.2 Å². The first-order chi connectivity index (χ1) is 9.82. The summed E-state index contributed by atoms with van der Waals surface area (Å²) < 4.78 is 6.21. The van der Waals surface area contributed by atoms with Crippen LogP contribution in [0.2, 0.25) is 6.55 Å². The smallest absolute Gasteiger partial charge is 0.145 e. The van der Waals surface area contributed by atoms with E-state index in [9.17, 15) is 0 Å². The highest BCUT2D eigenvalue weighted by Crippen LogP contribution is 2.22. The fourth-order valence-electron chi connectivity index (χ4n) is 3.30. The van der Waals surface area contributed by atoms with Gasteiger partial charge in [0.15, 0.2) is 0 Å². The molecule has 1 aliphatic heterocycles. The molecule has 0 aliphatic carbocycles. The minimum atomic E-state index is -1.82. The van der Waals surface area contributed by atoms with Crippen molar-refractivity contribution >= 4 is 18.4 Å². The van der Waals surface area contributed by atoms with E-state index < -0.39 is 8.07 Å². The van der Waals surface area contributed by atoms with Crippen molar-refractivity contribution in [2.75, 3.05) is 6.61 Å². The van der Waals surface area contributed by atoms with Gasteiger partial charge in [-0.05, 0) is 19.3 Å². The average Bonchev–Trinajstić information content (AvgIpc) is 2.56. The molecule has 0 radical (unpaired) electrons. The molecule has 0 bridgehead atoms. The van der Waals surface area contributed by atoms with Gasteiger partial charge in [-0.1, -0.05) is 77.6 Å². The maximum absolute atomic E-state index is 6.21. The molecule has 1 nitrogen and oxygen atoms in total. The van der Waals surface area contributed by atoms with Crippen LogP contribution in [0.15, 0.2) is 60.7 Å². The van der Waals surface area contributed by atoms with E-state index in [1.54, 1.807) is 0 Å². The van der Waals surface area contributed by atoms with Crippen LogP contribution >= 0.6 is 0 Å². The molecule has 3 rings (SSSR count). The second-order valence-electron chi connectivity index (χ2n) is 5.79. The quantitative estimate of drug-likeness (QED) is 0.787. The Hall–Kier alpha value is -1.38. The number of hydrogen-bond acceptors (Lipinski definition) is 1. The molecule has 1 fully saturated rings. The van der Waals surface area contributed by atoms with E-state index in [1.807, 2.05) is 0 Å². The molecule has 1 unspecified atom stereocenters. The van der Waals surface area contributed by atoms with Gasteiger partial charge in [0.1, 0.15) is 8.07 Å². The van der Waals surface area contributed by atoms with Crippen molar-refractivity contribution in [2.24, 2.45) is 0 Å². The Morgan fingerprint density at radius 2 is 1.40 bits per heavy atom. The Kier molecular flexibility index (Phi) is 4.04. The van der Waals surface area contributed by atoms with Gasteiger partial charge < -0.3 is 4.74 Å². The molecule has 0 amide bonds. The first kappa shape index (κ1) is 13.6. The van der Waals surface area contributed by atoms with E-state index in [-0.39, 0.29) is 0 Å². The predicted octanol–water partition coefficient (Wildman–Crippen LogP) is 2.99. The topological polar surface area (TPSA) is 9.23 Å². The zero-order chi connectivity index (χ0) is 13.8. The van der Waals surface area contributed by atoms with Crippen molar-refractivity contribution in [1.29, 1.82) is 0 Å². The second kappa shape index (κ2) is 5.94. The third-order valence-corrected chi connectivity index (χ3v) is 9.38. The van der Waals surface area contributed by atoms with Gasteiger partial charge in [0, 0.05) is 6.61 Å². The van der Waals surface area contributed by atoms with E-state index in [1.165, 1.54) is 29.6 Å². The lowest BCUT2D eigenvalue weighted by Gasteiger charge is -2.38. The summed E-state index contributed by atoms with van der Waals surface area (Å²) in [4.78, 5) is 0. The van der Waals surface area contributed by atoms with Gasteiger partial charge in [-0.3, -0.25) is 0 Å². The highest BCUT2D eigenvalue weighted by atomic mass is 28.3. The highest BCUT2D eigenvalue weighted by molar-refractivity contribution is 7.02. The van der Waals surface area contributed by atoms with Crippen LogP contribution in [0.1, 0.15) is 19.3 Å². The summed E-state index contributed by atoms with van der Waals surface area (Å²) in [5, 5.41) is 2.97. The van der Waals surface area contributed by atoms with Crippen molar-refractivity contribution in [1.82, 2.24) is 0 Å². The normalized spacial score (nSPS) is 19.8. The zero-order valence-corrected chi connectivity index (χ0v) is 13.1. The largest absolute Gasteiger partial charge is 0.381 e. The van der Waals surface area contributed by atoms with Gasteiger partial charge in [-0.25, -0.2) is 0 Å². The lowest BCUT2D eigenvalue weighted by Crippen LogP contribution is -2.65. The van der Waals surface area contributed by atoms with Gasteiger partial charge in [0.25, 0.3) is 0 Å². The highest BCUT2D eigenvalue weighted by Gasteiger charge is 2.41. The van der Waals surface area contributed by atoms with Crippen LogP contribution in [0.4, 0.5) is 0 Å². The SMILES string of the molecule is C[Si](c1ccccc1)(c1ccccc1)C1CCCCO1. The number of benzene rings is 2. The van der Waals surface area contributed by atoms with Crippen LogP contribution in [-0.2, 0) is 4.74 Å². The van der Waals surface area contributed by atoms with Crippen LogP contribution in [0.25, 0.3) is 0 Å². The first-order valence-electron chi connectivity index (χ1n) is 7.54. The van der Waals surface area contributed by atoms with Crippen LogP contribution < -0.4 is 10.4 Å². The molecular weight excluding hydrogens is 260 g/mol. The second-order valence-corrected chi connectivity index (χ2v) is 9.99. The van der Waals surface area contributed by atoms with Gasteiger partial charge in [-0.15, -0.1) is 0 Å². The van der Waals surface area contributed by atoms with Crippen LogP contribution in [0, 0.1) is 0 Å². The Labute approximate surface area is 122 Å². The molecule has 20 heavy (non-hydrogen) atoms. The summed E-state index contributed by atoms with van der Waals surface area (Å²) in [6.45, 7) is 3.39. The predicted molar refractivity (Wildman–Crippen MR) is 87.4 cm³/mol. The first-order valence-corrected chi connectivity index (χ1v) is 10.1. The van der Waals surface area contributed by atoms with Gasteiger partial charge in [-0.2, -0.15) is 0 Å². The lowest BCUT2D eigenvalue weighted by atomic mass is 10.2. The minimum absolute atomic E-state index is 0.404. The summed E-state index contributed by atoms with van der Waals surface area (Å²) in [6.07, 6.45) is 3.71. The minimum Gasteiger partial charge on any atom is -0.381 e. The number of rotatable bonds is 3. The van der Waals surface area contributed by atoms with Crippen LogP contribution in [0.5, 0.6) is 0 Å². The summed E-state index contributed by atoms with van der Waals surface area (Å²) in [7, 11) is -1.82. The van der Waals surface area contributed by atoms with E-state index in [0.29, 0.717) is 5.73 Å². The molecule has 2 aromatic rings. The number of hydrogen-bond donors (Lipinski definition) is 0. The average molecular weight is 282 g/mol. The Morgan fingerprint density at radius 3 is 1.85 bits per heavy atom. The number of ether oxygens (including phenoxy) is 1. The Balaban J connectivity index is 2.07. The van der Waals surface area contributed by atoms with Crippen molar-refractivity contribution in [3.8, 4) is 0 Å². The molecule has 0 saturated carbocycles. The van der Waals surface area contributed by atoms with Crippen molar-refractivity contribution in [3.05, 3.63) is 60.7 Å². The molecule has 1 heterocycles. The van der Waals surface area contributed by atoms with Gasteiger partial charge >= 0.3 is 0 Å². The summed E-state index contributed by atoms with van der Waals surface area (Å²) >= 11 is 0. The molecular formula is C18H22OSi. The zero-order valence-electron chi connectivity index (χ0n) is 12.1. The van der Waals surface area contributed by atoms with E-state index in [4.69, 9.17) is 4.74 Å². The van der Waals surface area contributed by atoms with Crippen molar-refractivity contribution < 1.29 is 4.74 Å². The van der Waals surface area contributed by atoms with E-state index >= 15 is 0 Å². The molecule has 1 saturated heterocycles. The van der Waals surface area contributed by atoms with E-state index in [0.717, 1.165) is 6.61 Å². The molecule has 2 heteroatoms. The lowest BCUT2D eigenvalue weighted by molar-refractivity contribution is 0.0619. The van der Waals surface area contributed by atoms with Crippen LogP contribution in [-0.4, -0.2) is 20.4 Å². The third-order valence-electron chi connectivity index (χ3n) is 4.57. The maximum Gasteiger partial charge on any atom is 0.145 e. The van der Waals surface area contributed by atoms with Crippen LogP contribution in [0.3, 0.4) is 0 Å². The van der Waals surface area contributed by atoms with Crippen molar-refractivity contribution in [3.63, 3.8) is 0 Å². The van der Waals surface area contributed by atoms with Gasteiger partial charge in [0.05, 0.1) is 5.73 Å². The fourth-order valence-corrected chi connectivity index (χ4v) is 7.38. The Morgan fingerprint density at radius 1 is 0.850 bits per heavy atom. The van der Waals surface area contributed by atoms with Gasteiger partial charge in [0.2, 0.25) is 0 Å². The summed E-state index contributed by atoms with van der Waals surface area (Å²) in [5.41, 5.74) is 0.404. The maximum atomic E-state index is 6.21. The molecule has 1 aliphatic rings. The standard InChI is InChI=1S/C18H22OSi/c1-20(16-10-4-2-5-11-16,17-12-6-3-7-13-17)18-14-8-9-15-19-18/h2-7,10-13,18H,8-9,14-15H2,1H3. The van der Waals surface area contributed by atoms with Crippen molar-refractivity contribution in [2.45, 2.75) is 31.5 Å². The summed E-state index contributed by atoms with van der Waals surface area (Å²) in [5.74, 6) is 0. The molecule has 2 aromatic carbocycles. The fraction of sp³-hybridized carbons (Fsp3) is 0.333.